The Morgan fingerprint density at radius 1 is 1.30 bits per heavy atom. The van der Waals surface area contributed by atoms with E-state index in [4.69, 9.17) is 4.52 Å². The third-order valence-electron chi connectivity index (χ3n) is 6.69. The highest BCUT2D eigenvalue weighted by atomic mass is 16.5. The van der Waals surface area contributed by atoms with Gasteiger partial charge in [0.1, 0.15) is 11.3 Å². The van der Waals surface area contributed by atoms with Gasteiger partial charge in [-0.2, -0.15) is 0 Å². The lowest BCUT2D eigenvalue weighted by Crippen LogP contribution is -2.54. The Kier molecular flexibility index (Phi) is 5.35. The zero-order chi connectivity index (χ0) is 21.5. The van der Waals surface area contributed by atoms with Gasteiger partial charge in [-0.15, -0.1) is 0 Å². The number of amides is 1. The monoisotopic (exact) mass is 409 g/mol. The average molecular weight is 410 g/mol. The van der Waals surface area contributed by atoms with Gasteiger partial charge in [0, 0.05) is 22.5 Å². The molecule has 160 valence electrons. The third kappa shape index (κ3) is 3.18. The zero-order valence-corrected chi connectivity index (χ0v) is 18.2. The third-order valence-corrected chi connectivity index (χ3v) is 6.69. The molecule has 6 heteroatoms. The summed E-state index contributed by atoms with van der Waals surface area (Å²) in [5.74, 6) is 0.943. The molecule has 1 fully saturated rings. The standard InChI is InChI=1S/C24H31N3O3/c1-14(2)21(13-28)26-24(18-8-6-5-7-9-18)19-12-17(10-11-20(19)25-23(24)29)22-15(3)27-30-16(22)4/h10-14,18,26,28H,5-9H2,1-4H3,(H,25,29)/b21-13+. The maximum absolute atomic E-state index is 13.5. The zero-order valence-electron chi connectivity index (χ0n) is 18.2. The number of hydrogen-bond acceptors (Lipinski definition) is 5. The molecule has 1 saturated carbocycles. The number of nitrogens with zero attached hydrogens (tertiary/aromatic N) is 1. The highest BCUT2D eigenvalue weighted by Gasteiger charge is 2.53. The minimum absolute atomic E-state index is 0.0414. The van der Waals surface area contributed by atoms with Crippen LogP contribution in [0.2, 0.25) is 0 Å². The number of carbonyl (C=O) groups excluding carboxylic acids is 1. The van der Waals surface area contributed by atoms with Gasteiger partial charge in [0.25, 0.3) is 5.91 Å². The van der Waals surface area contributed by atoms with Crippen LogP contribution in [0.4, 0.5) is 5.69 Å². The van der Waals surface area contributed by atoms with E-state index in [1.165, 1.54) is 6.42 Å². The average Bonchev–Trinajstić information content (AvgIpc) is 3.22. The van der Waals surface area contributed by atoms with Crippen molar-refractivity contribution in [2.24, 2.45) is 11.8 Å². The Bertz CT molecular complexity index is 966. The number of hydrogen-bond donors (Lipinski definition) is 3. The lowest BCUT2D eigenvalue weighted by atomic mass is 9.70. The summed E-state index contributed by atoms with van der Waals surface area (Å²) >= 11 is 0. The van der Waals surface area contributed by atoms with E-state index in [1.54, 1.807) is 0 Å². The highest BCUT2D eigenvalue weighted by molar-refractivity contribution is 6.07. The molecule has 2 aliphatic rings. The van der Waals surface area contributed by atoms with Gasteiger partial charge in [-0.25, -0.2) is 0 Å². The van der Waals surface area contributed by atoms with E-state index in [9.17, 15) is 9.90 Å². The minimum Gasteiger partial charge on any atom is -0.514 e. The largest absolute Gasteiger partial charge is 0.514 e. The lowest BCUT2D eigenvalue weighted by molar-refractivity contribution is -0.124. The predicted octanol–water partition coefficient (Wildman–Crippen LogP) is 5.33. The number of aliphatic hydroxyl groups excluding tert-OH is 1. The van der Waals surface area contributed by atoms with Crippen LogP contribution in [0.5, 0.6) is 0 Å². The van der Waals surface area contributed by atoms with E-state index in [2.05, 4.69) is 21.9 Å². The van der Waals surface area contributed by atoms with Crippen LogP contribution in [0.3, 0.4) is 0 Å². The molecular formula is C24H31N3O3. The Labute approximate surface area is 177 Å². The normalized spacial score (nSPS) is 22.3. The van der Waals surface area contributed by atoms with E-state index in [0.29, 0.717) is 5.70 Å². The van der Waals surface area contributed by atoms with E-state index >= 15 is 0 Å². The van der Waals surface area contributed by atoms with Crippen molar-refractivity contribution in [3.8, 4) is 11.1 Å². The van der Waals surface area contributed by atoms with Crippen molar-refractivity contribution in [1.82, 2.24) is 10.5 Å². The van der Waals surface area contributed by atoms with Crippen molar-refractivity contribution < 1.29 is 14.4 Å². The molecule has 1 aromatic heterocycles. The molecule has 1 aliphatic heterocycles. The Morgan fingerprint density at radius 3 is 2.63 bits per heavy atom. The van der Waals surface area contributed by atoms with Crippen molar-refractivity contribution in [3.05, 3.63) is 47.2 Å². The summed E-state index contributed by atoms with van der Waals surface area (Å²) in [5, 5.41) is 20.6. The number of anilines is 1. The summed E-state index contributed by atoms with van der Waals surface area (Å²) in [6.07, 6.45) is 6.49. The van der Waals surface area contributed by atoms with Crippen molar-refractivity contribution in [2.75, 3.05) is 5.32 Å². The number of rotatable bonds is 5. The van der Waals surface area contributed by atoms with Gasteiger partial charge in [0.15, 0.2) is 0 Å². The molecule has 0 bridgehead atoms. The molecule has 1 aliphatic carbocycles. The molecule has 0 spiro atoms. The van der Waals surface area contributed by atoms with E-state index in [0.717, 1.165) is 65.8 Å². The molecule has 0 saturated heterocycles. The molecule has 0 radical (unpaired) electrons. The summed E-state index contributed by atoms with van der Waals surface area (Å²) in [4.78, 5) is 13.5. The van der Waals surface area contributed by atoms with Crippen LogP contribution in [-0.4, -0.2) is 16.2 Å². The molecule has 1 aromatic carbocycles. The van der Waals surface area contributed by atoms with Crippen molar-refractivity contribution in [1.29, 1.82) is 0 Å². The first-order valence-electron chi connectivity index (χ1n) is 10.9. The van der Waals surface area contributed by atoms with Gasteiger partial charge < -0.3 is 20.3 Å². The predicted molar refractivity (Wildman–Crippen MR) is 117 cm³/mol. The number of nitrogens with one attached hydrogen (secondary N) is 2. The topological polar surface area (TPSA) is 87.4 Å². The molecule has 6 nitrogen and oxygen atoms in total. The maximum atomic E-state index is 13.5. The van der Waals surface area contributed by atoms with Crippen LogP contribution in [0.25, 0.3) is 11.1 Å². The van der Waals surface area contributed by atoms with E-state index < -0.39 is 5.54 Å². The quantitative estimate of drug-likeness (QED) is 0.581. The lowest BCUT2D eigenvalue weighted by Gasteiger charge is -2.40. The van der Waals surface area contributed by atoms with Crippen LogP contribution in [0.1, 0.15) is 63.0 Å². The second kappa shape index (κ2) is 7.82. The van der Waals surface area contributed by atoms with E-state index in [1.807, 2.05) is 39.8 Å². The summed E-state index contributed by atoms with van der Waals surface area (Å²) < 4.78 is 5.38. The number of aliphatic hydroxyl groups is 1. The summed E-state index contributed by atoms with van der Waals surface area (Å²) in [6, 6.07) is 6.07. The van der Waals surface area contributed by atoms with Crippen LogP contribution in [0, 0.1) is 25.7 Å². The van der Waals surface area contributed by atoms with Gasteiger partial charge >= 0.3 is 0 Å². The van der Waals surface area contributed by atoms with Crippen LogP contribution >= 0.6 is 0 Å². The second-order valence-corrected chi connectivity index (χ2v) is 8.92. The van der Waals surface area contributed by atoms with Gasteiger partial charge in [0.05, 0.1) is 12.0 Å². The number of fused-ring (bicyclic) bond motifs is 1. The molecule has 1 atom stereocenters. The van der Waals surface area contributed by atoms with Gasteiger partial charge in [-0.05, 0) is 56.2 Å². The van der Waals surface area contributed by atoms with Gasteiger partial charge in [0.2, 0.25) is 0 Å². The fraction of sp³-hybridized carbons (Fsp3) is 0.500. The minimum atomic E-state index is -0.899. The van der Waals surface area contributed by atoms with Gasteiger partial charge in [-0.1, -0.05) is 44.3 Å². The SMILES string of the molecule is Cc1noc(C)c1-c1ccc2c(c1)C(N/C(=C/O)C(C)C)(C1CCCCC1)C(=O)N2. The van der Waals surface area contributed by atoms with Crippen LogP contribution in [-0.2, 0) is 10.3 Å². The molecule has 2 heterocycles. The van der Waals surface area contributed by atoms with Crippen molar-refractivity contribution in [3.63, 3.8) is 0 Å². The molecule has 1 unspecified atom stereocenters. The number of carbonyl (C=O) groups is 1. The highest BCUT2D eigenvalue weighted by Crippen LogP contribution is 2.48. The number of aryl methyl sites for hydroxylation is 2. The molecule has 4 rings (SSSR count). The summed E-state index contributed by atoms with van der Waals surface area (Å²) in [6.45, 7) is 7.86. The Morgan fingerprint density at radius 2 is 2.03 bits per heavy atom. The number of benzene rings is 1. The van der Waals surface area contributed by atoms with Crippen molar-refractivity contribution >= 4 is 11.6 Å². The maximum Gasteiger partial charge on any atom is 0.255 e. The second-order valence-electron chi connectivity index (χ2n) is 8.92. The first kappa shape index (κ1) is 20.5. The molecule has 3 N–H and O–H groups in total. The molecular weight excluding hydrogens is 378 g/mol. The van der Waals surface area contributed by atoms with Crippen LogP contribution < -0.4 is 10.6 Å². The Balaban J connectivity index is 1.89. The molecule has 1 amide bonds. The first-order valence-corrected chi connectivity index (χ1v) is 10.9. The smallest absolute Gasteiger partial charge is 0.255 e. The first-order chi connectivity index (χ1) is 14.4. The van der Waals surface area contributed by atoms with E-state index in [-0.39, 0.29) is 17.7 Å². The fourth-order valence-corrected chi connectivity index (χ4v) is 5.09. The Hall–Kier alpha value is -2.76. The van der Waals surface area contributed by atoms with Crippen LogP contribution in [0.15, 0.2) is 34.7 Å². The molecule has 2 aromatic rings. The summed E-state index contributed by atoms with van der Waals surface area (Å²) in [7, 11) is 0. The number of aromatic nitrogens is 1. The van der Waals surface area contributed by atoms with Gasteiger partial charge in [-0.3, -0.25) is 4.79 Å². The summed E-state index contributed by atoms with van der Waals surface area (Å²) in [5.41, 5.74) is 4.33. The molecule has 30 heavy (non-hydrogen) atoms. The fourth-order valence-electron chi connectivity index (χ4n) is 5.09. The number of allylic oxidation sites excluding steroid dienone is 1. The van der Waals surface area contributed by atoms with Crippen molar-refractivity contribution in [2.45, 2.75) is 65.3 Å².